The summed E-state index contributed by atoms with van der Waals surface area (Å²) in [5.74, 6) is -0.827. The Kier molecular flexibility index (Phi) is 6.52. The van der Waals surface area contributed by atoms with E-state index in [1.54, 1.807) is 6.07 Å². The first-order valence-corrected chi connectivity index (χ1v) is 10.9. The third-order valence-corrected chi connectivity index (χ3v) is 6.42. The molecule has 2 atom stereocenters. The van der Waals surface area contributed by atoms with Crippen molar-refractivity contribution in [1.82, 2.24) is 0 Å². The van der Waals surface area contributed by atoms with Crippen LogP contribution in [0.1, 0.15) is 30.0 Å². The van der Waals surface area contributed by atoms with Crippen LogP contribution < -0.4 is 4.90 Å². The highest BCUT2D eigenvalue weighted by Gasteiger charge is 2.31. The molecule has 0 amide bonds. The lowest BCUT2D eigenvalue weighted by molar-refractivity contribution is 0.357. The minimum absolute atomic E-state index is 0.0800. The molecule has 6 heteroatoms. The number of nitrogens with zero attached hydrogens (tertiary/aromatic N) is 1. The van der Waals surface area contributed by atoms with Crippen molar-refractivity contribution in [3.63, 3.8) is 0 Å². The van der Waals surface area contributed by atoms with Crippen LogP contribution in [0.15, 0.2) is 60.7 Å². The zero-order chi connectivity index (χ0) is 21.3. The van der Waals surface area contributed by atoms with E-state index in [-0.39, 0.29) is 12.0 Å². The van der Waals surface area contributed by atoms with E-state index >= 15 is 0 Å². The van der Waals surface area contributed by atoms with Gasteiger partial charge < -0.3 is 4.90 Å². The fourth-order valence-corrected chi connectivity index (χ4v) is 4.95. The Balaban J connectivity index is 1.63. The molecule has 1 heterocycles. The molecule has 3 aromatic carbocycles. The topological polar surface area (TPSA) is 3.24 Å². The fourth-order valence-electron chi connectivity index (χ4n) is 4.29. The molecule has 0 saturated carbocycles. The van der Waals surface area contributed by atoms with Crippen molar-refractivity contribution < 1.29 is 8.78 Å². The van der Waals surface area contributed by atoms with E-state index in [1.165, 1.54) is 12.1 Å². The van der Waals surface area contributed by atoms with Crippen LogP contribution in [0.3, 0.4) is 0 Å². The van der Waals surface area contributed by atoms with Gasteiger partial charge in [-0.1, -0.05) is 40.9 Å². The number of hydrogen-bond donors (Lipinski definition) is 0. The lowest BCUT2D eigenvalue weighted by Gasteiger charge is -2.42. The van der Waals surface area contributed by atoms with Gasteiger partial charge in [0.2, 0.25) is 0 Å². The molecule has 30 heavy (non-hydrogen) atoms. The number of anilines is 1. The molecule has 4 rings (SSSR count). The number of benzene rings is 3. The minimum Gasteiger partial charge on any atom is -0.364 e. The van der Waals surface area contributed by atoms with Gasteiger partial charge in [-0.05, 0) is 84.8 Å². The van der Waals surface area contributed by atoms with Gasteiger partial charge in [0.1, 0.15) is 11.6 Å². The molecule has 1 aliphatic heterocycles. The average molecular weight is 467 g/mol. The van der Waals surface area contributed by atoms with Crippen molar-refractivity contribution in [2.75, 3.05) is 11.4 Å². The standard InChI is InChI=1S/C24H20Cl3F2N/c25-17-2-5-21(6-3-17)30-14-15(9-16-10-19(28)13-20(29)11-16)1-8-24(30)22-7-4-18(26)12-23(22)27/h2-7,10-13,15,24H,1,8-9,14H2. The first kappa shape index (κ1) is 21.4. The maximum absolute atomic E-state index is 13.6. The Hall–Kier alpha value is -1.81. The van der Waals surface area contributed by atoms with Gasteiger partial charge in [-0.2, -0.15) is 0 Å². The van der Waals surface area contributed by atoms with E-state index in [1.807, 2.05) is 36.4 Å². The molecule has 0 aliphatic carbocycles. The van der Waals surface area contributed by atoms with E-state index in [2.05, 4.69) is 4.90 Å². The van der Waals surface area contributed by atoms with Gasteiger partial charge in [-0.15, -0.1) is 0 Å². The molecule has 1 saturated heterocycles. The van der Waals surface area contributed by atoms with E-state index < -0.39 is 11.6 Å². The molecule has 0 spiro atoms. The number of halogens is 5. The smallest absolute Gasteiger partial charge is 0.126 e. The summed E-state index contributed by atoms with van der Waals surface area (Å²) in [6.07, 6.45) is 2.40. The third kappa shape index (κ3) is 4.91. The van der Waals surface area contributed by atoms with Gasteiger partial charge in [0.15, 0.2) is 0 Å². The zero-order valence-corrected chi connectivity index (χ0v) is 18.4. The molecule has 1 nitrogen and oxygen atoms in total. The second kappa shape index (κ2) is 9.13. The lowest BCUT2D eigenvalue weighted by Crippen LogP contribution is -2.39. The van der Waals surface area contributed by atoms with E-state index in [0.717, 1.165) is 36.7 Å². The second-order valence-corrected chi connectivity index (χ2v) is 9.02. The molecule has 3 aromatic rings. The summed E-state index contributed by atoms with van der Waals surface area (Å²) in [5.41, 5.74) is 2.73. The molecule has 2 unspecified atom stereocenters. The fraction of sp³-hybridized carbons (Fsp3) is 0.250. The predicted molar refractivity (Wildman–Crippen MR) is 121 cm³/mol. The Morgan fingerprint density at radius 3 is 2.13 bits per heavy atom. The zero-order valence-electron chi connectivity index (χ0n) is 16.1. The quantitative estimate of drug-likeness (QED) is 0.375. The highest BCUT2D eigenvalue weighted by Crippen LogP contribution is 2.41. The van der Waals surface area contributed by atoms with Crippen LogP contribution in [0.4, 0.5) is 14.5 Å². The highest BCUT2D eigenvalue weighted by molar-refractivity contribution is 6.35. The van der Waals surface area contributed by atoms with Crippen molar-refractivity contribution in [3.8, 4) is 0 Å². The van der Waals surface area contributed by atoms with E-state index in [4.69, 9.17) is 34.8 Å². The summed E-state index contributed by atoms with van der Waals surface area (Å²) in [6, 6.07) is 17.1. The maximum atomic E-state index is 13.6. The molecular formula is C24H20Cl3F2N. The summed E-state index contributed by atoms with van der Waals surface area (Å²) in [7, 11) is 0. The summed E-state index contributed by atoms with van der Waals surface area (Å²) < 4.78 is 27.3. The largest absolute Gasteiger partial charge is 0.364 e. The van der Waals surface area contributed by atoms with Crippen molar-refractivity contribution in [2.45, 2.75) is 25.3 Å². The number of rotatable bonds is 4. The normalized spacial score (nSPS) is 19.2. The number of piperidine rings is 1. The van der Waals surface area contributed by atoms with E-state index in [0.29, 0.717) is 27.1 Å². The van der Waals surface area contributed by atoms with Crippen LogP contribution in [0.5, 0.6) is 0 Å². The molecule has 1 aliphatic rings. The van der Waals surface area contributed by atoms with Crippen LogP contribution in [0.25, 0.3) is 0 Å². The van der Waals surface area contributed by atoms with Crippen LogP contribution in [-0.2, 0) is 6.42 Å². The maximum Gasteiger partial charge on any atom is 0.126 e. The van der Waals surface area contributed by atoms with Gasteiger partial charge in [0, 0.05) is 33.4 Å². The Bertz CT molecular complexity index is 1020. The lowest BCUT2D eigenvalue weighted by atomic mass is 9.85. The Morgan fingerprint density at radius 1 is 0.800 bits per heavy atom. The van der Waals surface area contributed by atoms with Gasteiger partial charge in [0.25, 0.3) is 0 Å². The van der Waals surface area contributed by atoms with Crippen LogP contribution in [0, 0.1) is 17.6 Å². The Morgan fingerprint density at radius 2 is 1.47 bits per heavy atom. The molecule has 0 bridgehead atoms. The van der Waals surface area contributed by atoms with Crippen molar-refractivity contribution in [2.24, 2.45) is 5.92 Å². The van der Waals surface area contributed by atoms with Crippen molar-refractivity contribution in [3.05, 3.63) is 98.5 Å². The van der Waals surface area contributed by atoms with Crippen molar-refractivity contribution >= 4 is 40.5 Å². The minimum atomic E-state index is -0.541. The SMILES string of the molecule is Fc1cc(F)cc(CC2CCC(c3ccc(Cl)cc3Cl)N(c3ccc(Cl)cc3)C2)c1. The molecule has 0 radical (unpaired) electrons. The molecular weight excluding hydrogens is 447 g/mol. The number of hydrogen-bond acceptors (Lipinski definition) is 1. The second-order valence-electron chi connectivity index (χ2n) is 7.74. The average Bonchev–Trinajstić information content (AvgIpc) is 2.68. The van der Waals surface area contributed by atoms with Crippen LogP contribution >= 0.6 is 34.8 Å². The molecule has 1 fully saturated rings. The molecule has 0 N–H and O–H groups in total. The van der Waals surface area contributed by atoms with Gasteiger partial charge in [0.05, 0.1) is 6.04 Å². The first-order valence-electron chi connectivity index (χ1n) is 9.81. The van der Waals surface area contributed by atoms with Crippen LogP contribution in [0.2, 0.25) is 15.1 Å². The third-order valence-electron chi connectivity index (χ3n) is 5.61. The van der Waals surface area contributed by atoms with Gasteiger partial charge in [-0.3, -0.25) is 0 Å². The van der Waals surface area contributed by atoms with Crippen LogP contribution in [-0.4, -0.2) is 6.54 Å². The highest BCUT2D eigenvalue weighted by atomic mass is 35.5. The molecule has 156 valence electrons. The first-order chi connectivity index (χ1) is 14.4. The summed E-state index contributed by atoms with van der Waals surface area (Å²) in [4.78, 5) is 2.30. The summed E-state index contributed by atoms with van der Waals surface area (Å²) in [6.45, 7) is 0.739. The van der Waals surface area contributed by atoms with Crippen molar-refractivity contribution in [1.29, 1.82) is 0 Å². The molecule has 0 aromatic heterocycles. The summed E-state index contributed by atoms with van der Waals surface area (Å²) in [5, 5.41) is 1.91. The Labute approximate surface area is 190 Å². The van der Waals surface area contributed by atoms with Gasteiger partial charge in [-0.25, -0.2) is 8.78 Å². The van der Waals surface area contributed by atoms with E-state index in [9.17, 15) is 8.78 Å². The monoisotopic (exact) mass is 465 g/mol. The summed E-state index contributed by atoms with van der Waals surface area (Å²) >= 11 is 18.7. The predicted octanol–water partition coefficient (Wildman–Crippen LogP) is 8.13. The van der Waals surface area contributed by atoms with Gasteiger partial charge >= 0.3 is 0 Å².